The summed E-state index contributed by atoms with van der Waals surface area (Å²) in [4.78, 5) is 11.2. The van der Waals surface area contributed by atoms with Gasteiger partial charge in [-0.1, -0.05) is 0 Å². The first kappa shape index (κ1) is 13.2. The average Bonchev–Trinajstić information content (AvgIpc) is 1.96. The van der Waals surface area contributed by atoms with Crippen molar-refractivity contribution in [3.63, 3.8) is 0 Å². The van der Waals surface area contributed by atoms with Crippen molar-refractivity contribution in [1.29, 1.82) is 0 Å². The second-order valence-corrected chi connectivity index (χ2v) is 4.18. The first-order valence-corrected chi connectivity index (χ1v) is 4.80. The maximum atomic E-state index is 11.2. The van der Waals surface area contributed by atoms with Crippen LogP contribution in [0.2, 0.25) is 0 Å². The van der Waals surface area contributed by atoms with Gasteiger partial charge < -0.3 is 21.5 Å². The lowest BCUT2D eigenvalue weighted by molar-refractivity contribution is 0.0503. The zero-order chi connectivity index (χ0) is 11.2. The maximum Gasteiger partial charge on any atom is 0.408 e. The molecule has 0 saturated heterocycles. The number of alkyl carbamates (subject to hydrolysis) is 1. The second-order valence-electron chi connectivity index (χ2n) is 4.18. The molecule has 84 valence electrons. The van der Waals surface area contributed by atoms with Gasteiger partial charge in [0.15, 0.2) is 0 Å². The molecule has 0 heterocycles. The van der Waals surface area contributed by atoms with Gasteiger partial charge in [-0.2, -0.15) is 0 Å². The number of rotatable bonds is 4. The summed E-state index contributed by atoms with van der Waals surface area (Å²) < 4.78 is 5.03. The molecule has 0 aromatic heterocycles. The third kappa shape index (κ3) is 7.82. The van der Waals surface area contributed by atoms with E-state index in [1.165, 1.54) is 0 Å². The Morgan fingerprint density at radius 1 is 1.50 bits per heavy atom. The Morgan fingerprint density at radius 2 is 2.07 bits per heavy atom. The SMILES string of the molecule is CC(C)(C)OC(=O)NC(N)CCCN. The molecule has 0 rings (SSSR count). The Balaban J connectivity index is 3.71. The van der Waals surface area contributed by atoms with Crippen LogP contribution in [0.25, 0.3) is 0 Å². The molecule has 0 aliphatic rings. The number of ether oxygens (including phenoxy) is 1. The van der Waals surface area contributed by atoms with E-state index in [9.17, 15) is 4.79 Å². The number of amides is 1. The van der Waals surface area contributed by atoms with Crippen LogP contribution in [0, 0.1) is 0 Å². The molecule has 1 atom stereocenters. The van der Waals surface area contributed by atoms with E-state index < -0.39 is 11.7 Å². The van der Waals surface area contributed by atoms with E-state index in [0.29, 0.717) is 13.0 Å². The van der Waals surface area contributed by atoms with E-state index in [2.05, 4.69) is 5.32 Å². The van der Waals surface area contributed by atoms with Gasteiger partial charge in [0.2, 0.25) is 0 Å². The molecule has 0 aromatic rings. The topological polar surface area (TPSA) is 90.4 Å². The smallest absolute Gasteiger partial charge is 0.408 e. The molecular weight excluding hydrogens is 182 g/mol. The van der Waals surface area contributed by atoms with Gasteiger partial charge in [0.25, 0.3) is 0 Å². The average molecular weight is 203 g/mol. The van der Waals surface area contributed by atoms with Gasteiger partial charge in [-0.25, -0.2) is 4.79 Å². The van der Waals surface area contributed by atoms with Gasteiger partial charge in [0.05, 0.1) is 6.17 Å². The minimum Gasteiger partial charge on any atom is -0.444 e. The molecule has 0 aliphatic carbocycles. The van der Waals surface area contributed by atoms with Crippen LogP contribution < -0.4 is 16.8 Å². The van der Waals surface area contributed by atoms with Crippen molar-refractivity contribution in [3.05, 3.63) is 0 Å². The first-order valence-electron chi connectivity index (χ1n) is 4.80. The van der Waals surface area contributed by atoms with Crippen molar-refractivity contribution in [1.82, 2.24) is 5.32 Å². The summed E-state index contributed by atoms with van der Waals surface area (Å²) in [6.07, 6.45) is 0.586. The second kappa shape index (κ2) is 5.82. The van der Waals surface area contributed by atoms with Crippen molar-refractivity contribution in [3.8, 4) is 0 Å². The fourth-order valence-corrected chi connectivity index (χ4v) is 0.869. The Hall–Kier alpha value is -0.810. The van der Waals surface area contributed by atoms with Gasteiger partial charge in [0.1, 0.15) is 5.60 Å². The fourth-order valence-electron chi connectivity index (χ4n) is 0.869. The van der Waals surface area contributed by atoms with Gasteiger partial charge in [-0.15, -0.1) is 0 Å². The third-order valence-electron chi connectivity index (χ3n) is 1.42. The van der Waals surface area contributed by atoms with Crippen LogP contribution in [0.5, 0.6) is 0 Å². The first-order chi connectivity index (χ1) is 6.35. The molecule has 14 heavy (non-hydrogen) atoms. The minimum atomic E-state index is -0.488. The highest BCUT2D eigenvalue weighted by atomic mass is 16.6. The quantitative estimate of drug-likeness (QED) is 0.581. The molecule has 0 saturated carbocycles. The molecule has 5 N–H and O–H groups in total. The third-order valence-corrected chi connectivity index (χ3v) is 1.42. The molecule has 1 amide bonds. The summed E-state index contributed by atoms with van der Waals surface area (Å²) in [5.41, 5.74) is 10.4. The lowest BCUT2D eigenvalue weighted by Crippen LogP contribution is -2.44. The largest absolute Gasteiger partial charge is 0.444 e. The highest BCUT2D eigenvalue weighted by Gasteiger charge is 2.17. The van der Waals surface area contributed by atoms with Crippen LogP contribution in [0.4, 0.5) is 4.79 Å². The number of nitrogens with one attached hydrogen (secondary N) is 1. The molecule has 0 bridgehead atoms. The number of hydrogen-bond acceptors (Lipinski definition) is 4. The summed E-state index contributed by atoms with van der Waals surface area (Å²) in [6.45, 7) is 5.98. The van der Waals surface area contributed by atoms with E-state index >= 15 is 0 Å². The summed E-state index contributed by atoms with van der Waals surface area (Å²) in [6, 6.07) is 0. The van der Waals surface area contributed by atoms with Crippen LogP contribution in [0.15, 0.2) is 0 Å². The van der Waals surface area contributed by atoms with E-state index in [1.54, 1.807) is 20.8 Å². The number of carbonyl (C=O) groups is 1. The normalized spacial score (nSPS) is 13.5. The molecule has 0 radical (unpaired) electrons. The fraction of sp³-hybridized carbons (Fsp3) is 0.889. The molecule has 0 spiro atoms. The van der Waals surface area contributed by atoms with Crippen molar-refractivity contribution >= 4 is 6.09 Å². The minimum absolute atomic E-state index is 0.381. The van der Waals surface area contributed by atoms with Gasteiger partial charge >= 0.3 is 6.09 Å². The number of nitrogens with two attached hydrogens (primary N) is 2. The van der Waals surface area contributed by atoms with Crippen LogP contribution >= 0.6 is 0 Å². The molecule has 0 fully saturated rings. The summed E-state index contributed by atoms with van der Waals surface area (Å²) in [5, 5.41) is 2.53. The molecule has 5 nitrogen and oxygen atoms in total. The van der Waals surface area contributed by atoms with Crippen LogP contribution in [-0.2, 0) is 4.74 Å². The summed E-state index contributed by atoms with van der Waals surface area (Å²) in [7, 11) is 0. The Kier molecular flexibility index (Phi) is 5.49. The lowest BCUT2D eigenvalue weighted by Gasteiger charge is -2.21. The molecular formula is C9H21N3O2. The Bertz CT molecular complexity index is 177. The summed E-state index contributed by atoms with van der Waals surface area (Å²) in [5.74, 6) is 0. The summed E-state index contributed by atoms with van der Waals surface area (Å²) >= 11 is 0. The molecule has 5 heteroatoms. The van der Waals surface area contributed by atoms with Gasteiger partial charge in [-0.3, -0.25) is 0 Å². The number of hydrogen-bond donors (Lipinski definition) is 3. The Morgan fingerprint density at radius 3 is 2.50 bits per heavy atom. The van der Waals surface area contributed by atoms with E-state index in [0.717, 1.165) is 6.42 Å². The van der Waals surface area contributed by atoms with Crippen LogP contribution in [-0.4, -0.2) is 24.4 Å². The molecule has 0 aliphatic heterocycles. The van der Waals surface area contributed by atoms with E-state index in [1.807, 2.05) is 0 Å². The molecule has 0 aromatic carbocycles. The van der Waals surface area contributed by atoms with Gasteiger partial charge in [0, 0.05) is 0 Å². The lowest BCUT2D eigenvalue weighted by atomic mass is 10.2. The molecule has 1 unspecified atom stereocenters. The zero-order valence-corrected chi connectivity index (χ0v) is 9.17. The highest BCUT2D eigenvalue weighted by molar-refractivity contribution is 5.67. The van der Waals surface area contributed by atoms with E-state index in [4.69, 9.17) is 16.2 Å². The number of carbonyl (C=O) groups excluding carboxylic acids is 1. The predicted molar refractivity (Wildman–Crippen MR) is 55.6 cm³/mol. The maximum absolute atomic E-state index is 11.2. The Labute approximate surface area is 85.2 Å². The van der Waals surface area contributed by atoms with Crippen LogP contribution in [0.3, 0.4) is 0 Å². The highest BCUT2D eigenvalue weighted by Crippen LogP contribution is 2.06. The van der Waals surface area contributed by atoms with Crippen molar-refractivity contribution < 1.29 is 9.53 Å². The predicted octanol–water partition coefficient (Wildman–Crippen LogP) is 0.535. The van der Waals surface area contributed by atoms with Gasteiger partial charge in [-0.05, 0) is 40.2 Å². The van der Waals surface area contributed by atoms with Crippen molar-refractivity contribution in [2.24, 2.45) is 11.5 Å². The van der Waals surface area contributed by atoms with Crippen LogP contribution in [0.1, 0.15) is 33.6 Å². The zero-order valence-electron chi connectivity index (χ0n) is 9.17. The van der Waals surface area contributed by atoms with Crippen molar-refractivity contribution in [2.45, 2.75) is 45.4 Å². The monoisotopic (exact) mass is 203 g/mol. The van der Waals surface area contributed by atoms with E-state index in [-0.39, 0.29) is 6.17 Å². The van der Waals surface area contributed by atoms with Crippen molar-refractivity contribution in [2.75, 3.05) is 6.54 Å². The standard InChI is InChI=1S/C9H21N3O2/c1-9(2,3)14-8(13)12-7(11)5-4-6-10/h7H,4-6,10-11H2,1-3H3,(H,12,13).